The molecule has 1 fully saturated rings. The fraction of sp³-hybridized carbons (Fsp3) is 0.318. The molecule has 0 aliphatic heterocycles. The van der Waals surface area contributed by atoms with E-state index in [0.717, 1.165) is 18.4 Å². The van der Waals surface area contributed by atoms with E-state index in [-0.39, 0.29) is 36.3 Å². The highest BCUT2D eigenvalue weighted by Gasteiger charge is 2.28. The highest BCUT2D eigenvalue weighted by molar-refractivity contribution is 5.78. The molecule has 0 bridgehead atoms. The monoisotopic (exact) mass is 379 g/mol. The first-order chi connectivity index (χ1) is 13.5. The molecule has 0 saturated heterocycles. The van der Waals surface area contributed by atoms with Gasteiger partial charge in [-0.05, 0) is 49.1 Å². The molecular weight excluding hydrogens is 357 g/mol. The van der Waals surface area contributed by atoms with Crippen molar-refractivity contribution >= 4 is 16.8 Å². The third-order valence-corrected chi connectivity index (χ3v) is 5.09. The first-order valence-corrected chi connectivity index (χ1v) is 9.55. The van der Waals surface area contributed by atoms with E-state index in [1.807, 2.05) is 18.2 Å². The van der Waals surface area contributed by atoms with E-state index in [0.29, 0.717) is 28.7 Å². The third kappa shape index (κ3) is 3.81. The van der Waals surface area contributed by atoms with Crippen LogP contribution in [0.5, 0.6) is 0 Å². The highest BCUT2D eigenvalue weighted by Crippen LogP contribution is 2.34. The molecule has 2 aromatic carbocycles. The fourth-order valence-corrected chi connectivity index (χ4v) is 3.34. The summed E-state index contributed by atoms with van der Waals surface area (Å²) < 4.78 is 15.4. The molecule has 3 aromatic rings. The van der Waals surface area contributed by atoms with Gasteiger partial charge in [0.05, 0.1) is 10.9 Å². The number of nitrogens with zero attached hydrogens (tertiary/aromatic N) is 2. The maximum atomic E-state index is 13.6. The molecular formula is C22H22FN3O2. The van der Waals surface area contributed by atoms with Gasteiger partial charge in [-0.3, -0.25) is 14.2 Å². The number of hydrogen-bond donors (Lipinski definition) is 1. The molecule has 1 N–H and O–H groups in total. The zero-order chi connectivity index (χ0) is 19.7. The number of nitrogens with one attached hydrogen (secondary N) is 1. The van der Waals surface area contributed by atoms with Gasteiger partial charge >= 0.3 is 0 Å². The van der Waals surface area contributed by atoms with Crippen molar-refractivity contribution in [1.82, 2.24) is 14.9 Å². The van der Waals surface area contributed by atoms with Crippen LogP contribution < -0.4 is 10.9 Å². The van der Waals surface area contributed by atoms with Crippen LogP contribution in [-0.2, 0) is 17.8 Å². The second-order valence-electron chi connectivity index (χ2n) is 7.31. The summed E-state index contributed by atoms with van der Waals surface area (Å²) in [5.41, 5.74) is 1.93. The molecule has 0 spiro atoms. The number of aryl methyl sites for hydroxylation is 2. The molecule has 0 radical (unpaired) electrons. The molecule has 144 valence electrons. The summed E-state index contributed by atoms with van der Waals surface area (Å²) in [5.74, 6) is 0.231. The molecule has 1 amide bonds. The summed E-state index contributed by atoms with van der Waals surface area (Å²) in [6.45, 7) is 1.98. The summed E-state index contributed by atoms with van der Waals surface area (Å²) in [6.07, 6.45) is 2.56. The highest BCUT2D eigenvalue weighted by atomic mass is 19.1. The lowest BCUT2D eigenvalue weighted by Crippen LogP contribution is -2.27. The van der Waals surface area contributed by atoms with E-state index in [2.05, 4.69) is 10.3 Å². The first kappa shape index (κ1) is 18.3. The minimum Gasteiger partial charge on any atom is -0.352 e. The van der Waals surface area contributed by atoms with Gasteiger partial charge in [0.1, 0.15) is 11.6 Å². The van der Waals surface area contributed by atoms with Crippen LogP contribution in [0, 0.1) is 12.7 Å². The van der Waals surface area contributed by atoms with Crippen molar-refractivity contribution < 1.29 is 9.18 Å². The number of aromatic nitrogens is 2. The molecule has 1 aliphatic carbocycles. The molecule has 6 heteroatoms. The largest absolute Gasteiger partial charge is 0.352 e. The molecule has 5 nitrogen and oxygen atoms in total. The van der Waals surface area contributed by atoms with Gasteiger partial charge in [0.2, 0.25) is 5.91 Å². The van der Waals surface area contributed by atoms with E-state index in [1.54, 1.807) is 29.7 Å². The molecule has 0 atom stereocenters. The Morgan fingerprint density at radius 3 is 2.79 bits per heavy atom. The van der Waals surface area contributed by atoms with Crippen LogP contribution in [0.25, 0.3) is 10.9 Å². The molecule has 1 aliphatic rings. The molecule has 1 aromatic heterocycles. The second kappa shape index (κ2) is 7.54. The lowest BCUT2D eigenvalue weighted by atomic mass is 10.1. The Labute approximate surface area is 162 Å². The maximum absolute atomic E-state index is 13.6. The van der Waals surface area contributed by atoms with E-state index in [4.69, 9.17) is 0 Å². The zero-order valence-electron chi connectivity index (χ0n) is 15.7. The second-order valence-corrected chi connectivity index (χ2v) is 7.31. The Kier molecular flexibility index (Phi) is 4.94. The molecule has 1 heterocycles. The predicted octanol–water partition coefficient (Wildman–Crippen LogP) is 3.43. The summed E-state index contributed by atoms with van der Waals surface area (Å²) in [6, 6.07) is 12.4. The molecule has 4 rings (SSSR count). The van der Waals surface area contributed by atoms with Gasteiger partial charge < -0.3 is 5.32 Å². The van der Waals surface area contributed by atoms with Crippen molar-refractivity contribution in [3.63, 3.8) is 0 Å². The average molecular weight is 379 g/mol. The molecule has 28 heavy (non-hydrogen) atoms. The Hall–Kier alpha value is -3.02. The normalized spacial score (nSPS) is 13.6. The van der Waals surface area contributed by atoms with Crippen molar-refractivity contribution in [1.29, 1.82) is 0 Å². The Morgan fingerprint density at radius 1 is 1.25 bits per heavy atom. The van der Waals surface area contributed by atoms with Gasteiger partial charge in [-0.1, -0.05) is 24.3 Å². The van der Waals surface area contributed by atoms with Crippen LogP contribution in [0.1, 0.15) is 42.3 Å². The van der Waals surface area contributed by atoms with Crippen LogP contribution >= 0.6 is 0 Å². The number of carbonyl (C=O) groups excluding carboxylic acids is 1. The summed E-state index contributed by atoms with van der Waals surface area (Å²) in [4.78, 5) is 29.7. The van der Waals surface area contributed by atoms with Crippen LogP contribution in [0.15, 0.2) is 47.3 Å². The van der Waals surface area contributed by atoms with Crippen molar-refractivity contribution in [3.8, 4) is 0 Å². The van der Waals surface area contributed by atoms with Crippen LogP contribution in [0.3, 0.4) is 0 Å². The maximum Gasteiger partial charge on any atom is 0.261 e. The van der Waals surface area contributed by atoms with Gasteiger partial charge in [-0.25, -0.2) is 9.37 Å². The number of fused-ring (bicyclic) bond motifs is 1. The van der Waals surface area contributed by atoms with Crippen molar-refractivity contribution in [3.05, 3.63) is 75.6 Å². The Bertz CT molecular complexity index is 1100. The smallest absolute Gasteiger partial charge is 0.261 e. The lowest BCUT2D eigenvalue weighted by Gasteiger charge is -2.13. The van der Waals surface area contributed by atoms with Gasteiger partial charge in [0.25, 0.3) is 5.56 Å². The minimum atomic E-state index is -0.277. The number of hydrogen-bond acceptors (Lipinski definition) is 3. The van der Waals surface area contributed by atoms with Crippen molar-refractivity contribution in [2.24, 2.45) is 0 Å². The predicted molar refractivity (Wildman–Crippen MR) is 106 cm³/mol. The van der Waals surface area contributed by atoms with Gasteiger partial charge in [-0.2, -0.15) is 0 Å². The van der Waals surface area contributed by atoms with E-state index < -0.39 is 0 Å². The fourth-order valence-electron chi connectivity index (χ4n) is 3.34. The van der Waals surface area contributed by atoms with E-state index >= 15 is 0 Å². The van der Waals surface area contributed by atoms with Crippen LogP contribution in [0.4, 0.5) is 4.39 Å². The van der Waals surface area contributed by atoms with Crippen molar-refractivity contribution in [2.45, 2.75) is 45.2 Å². The standard InChI is InChI=1S/C22H22FN3O2/c1-14-6-7-15(12-18(14)23)13-24-21(27)11-10-20-25-19-5-3-2-4-17(19)22(28)26(20)16-8-9-16/h2-7,12,16H,8-11,13H2,1H3,(H,24,27). The Morgan fingerprint density at radius 2 is 2.04 bits per heavy atom. The quantitative estimate of drug-likeness (QED) is 0.714. The van der Waals surface area contributed by atoms with Crippen molar-refractivity contribution in [2.75, 3.05) is 0 Å². The van der Waals surface area contributed by atoms with Gasteiger partial charge in [0.15, 0.2) is 0 Å². The third-order valence-electron chi connectivity index (χ3n) is 5.09. The number of benzene rings is 2. The summed E-state index contributed by atoms with van der Waals surface area (Å²) in [5, 5.41) is 3.43. The summed E-state index contributed by atoms with van der Waals surface area (Å²) in [7, 11) is 0. The summed E-state index contributed by atoms with van der Waals surface area (Å²) >= 11 is 0. The zero-order valence-corrected chi connectivity index (χ0v) is 15.7. The van der Waals surface area contributed by atoms with Crippen LogP contribution in [0.2, 0.25) is 0 Å². The number of para-hydroxylation sites is 1. The molecule has 1 saturated carbocycles. The minimum absolute atomic E-state index is 0.0290. The first-order valence-electron chi connectivity index (χ1n) is 9.55. The SMILES string of the molecule is Cc1ccc(CNC(=O)CCc2nc3ccccc3c(=O)n2C2CC2)cc1F. The average Bonchev–Trinajstić information content (AvgIpc) is 3.52. The van der Waals surface area contributed by atoms with E-state index in [1.165, 1.54) is 6.07 Å². The molecule has 0 unspecified atom stereocenters. The van der Waals surface area contributed by atoms with Crippen LogP contribution in [-0.4, -0.2) is 15.5 Å². The number of rotatable bonds is 6. The Balaban J connectivity index is 1.46. The van der Waals surface area contributed by atoms with E-state index in [9.17, 15) is 14.0 Å². The van der Waals surface area contributed by atoms with Gasteiger partial charge in [-0.15, -0.1) is 0 Å². The lowest BCUT2D eigenvalue weighted by molar-refractivity contribution is -0.121. The number of halogens is 1. The van der Waals surface area contributed by atoms with Gasteiger partial charge in [0, 0.05) is 25.4 Å². The topological polar surface area (TPSA) is 64.0 Å². The number of amides is 1. The number of carbonyl (C=O) groups is 1.